The number of amides is 1. The molecule has 108 valence electrons. The van der Waals surface area contributed by atoms with Gasteiger partial charge in [0, 0.05) is 24.3 Å². The Bertz CT molecular complexity index is 636. The van der Waals surface area contributed by atoms with E-state index in [2.05, 4.69) is 22.5 Å². The van der Waals surface area contributed by atoms with Crippen molar-refractivity contribution in [1.29, 1.82) is 0 Å². The quantitative estimate of drug-likeness (QED) is 0.668. The van der Waals surface area contributed by atoms with E-state index in [9.17, 15) is 4.79 Å². The third kappa shape index (κ3) is 2.60. The maximum absolute atomic E-state index is 12.7. The van der Waals surface area contributed by atoms with E-state index in [-0.39, 0.29) is 5.91 Å². The number of nitrogens with one attached hydrogen (secondary N) is 1. The minimum Gasteiger partial charge on any atom is -0.330 e. The van der Waals surface area contributed by atoms with Crippen LogP contribution in [0.25, 0.3) is 0 Å². The number of nitrogens with two attached hydrogens (primary N) is 1. The lowest BCUT2D eigenvalue weighted by molar-refractivity contribution is 0.0751. The summed E-state index contributed by atoms with van der Waals surface area (Å²) in [5.74, 6) is 5.96. The largest absolute Gasteiger partial charge is 0.330 e. The van der Waals surface area contributed by atoms with Gasteiger partial charge < -0.3 is 10.3 Å². The molecule has 1 aliphatic heterocycles. The Balaban J connectivity index is 1.87. The lowest BCUT2D eigenvalue weighted by Crippen LogP contribution is -2.26. The molecule has 0 radical (unpaired) electrons. The van der Waals surface area contributed by atoms with Crippen molar-refractivity contribution in [3.05, 3.63) is 58.8 Å². The molecule has 2 heterocycles. The summed E-state index contributed by atoms with van der Waals surface area (Å²) in [6.07, 6.45) is 0.760. The van der Waals surface area contributed by atoms with E-state index in [1.165, 1.54) is 11.1 Å². The van der Waals surface area contributed by atoms with Crippen molar-refractivity contribution in [1.82, 2.24) is 9.88 Å². The minimum absolute atomic E-state index is 0.0137. The number of nitrogens with zero attached hydrogens (tertiary/aromatic N) is 2. The van der Waals surface area contributed by atoms with Gasteiger partial charge in [-0.05, 0) is 29.7 Å². The first-order valence-corrected chi connectivity index (χ1v) is 7.05. The molecule has 0 fully saturated rings. The molecular weight excluding hydrogens is 264 g/mol. The predicted octanol–water partition coefficient (Wildman–Crippen LogP) is 2.09. The first-order valence-electron chi connectivity index (χ1n) is 7.05. The zero-order valence-electron chi connectivity index (χ0n) is 12.0. The SMILES string of the molecule is CCc1cc(C(=O)N2Cc3ccccc3C2)cc(NN)n1. The number of aromatic nitrogens is 1. The fourth-order valence-corrected chi connectivity index (χ4v) is 2.63. The van der Waals surface area contributed by atoms with Crippen molar-refractivity contribution < 1.29 is 4.79 Å². The van der Waals surface area contributed by atoms with Gasteiger partial charge >= 0.3 is 0 Å². The predicted molar refractivity (Wildman–Crippen MR) is 81.4 cm³/mol. The van der Waals surface area contributed by atoms with Gasteiger partial charge in [0.1, 0.15) is 5.82 Å². The zero-order valence-corrected chi connectivity index (χ0v) is 12.0. The summed E-state index contributed by atoms with van der Waals surface area (Å²) in [6.45, 7) is 3.32. The molecule has 1 aromatic heterocycles. The van der Waals surface area contributed by atoms with Crippen molar-refractivity contribution in [3.8, 4) is 0 Å². The van der Waals surface area contributed by atoms with Gasteiger partial charge in [0.2, 0.25) is 0 Å². The van der Waals surface area contributed by atoms with Crippen LogP contribution in [0.1, 0.15) is 34.1 Å². The third-order valence-corrected chi connectivity index (χ3v) is 3.76. The Hall–Kier alpha value is -2.40. The molecule has 0 aliphatic carbocycles. The molecule has 5 nitrogen and oxygen atoms in total. The summed E-state index contributed by atoms with van der Waals surface area (Å²) in [5, 5.41) is 0. The fourth-order valence-electron chi connectivity index (χ4n) is 2.63. The van der Waals surface area contributed by atoms with Crippen LogP contribution in [0.4, 0.5) is 5.82 Å². The highest BCUT2D eigenvalue weighted by Gasteiger charge is 2.24. The summed E-state index contributed by atoms with van der Waals surface area (Å²) in [5.41, 5.74) is 6.43. The van der Waals surface area contributed by atoms with Crippen molar-refractivity contribution >= 4 is 11.7 Å². The molecule has 0 bridgehead atoms. The highest BCUT2D eigenvalue weighted by atomic mass is 16.2. The number of anilines is 1. The molecule has 0 saturated heterocycles. The molecule has 21 heavy (non-hydrogen) atoms. The smallest absolute Gasteiger partial charge is 0.254 e. The van der Waals surface area contributed by atoms with Crippen LogP contribution in [0.3, 0.4) is 0 Å². The Morgan fingerprint density at radius 1 is 1.29 bits per heavy atom. The number of hydrazine groups is 1. The Labute approximate surface area is 123 Å². The van der Waals surface area contributed by atoms with E-state index >= 15 is 0 Å². The van der Waals surface area contributed by atoms with Crippen LogP contribution in [0.5, 0.6) is 0 Å². The molecule has 0 spiro atoms. The first-order chi connectivity index (χ1) is 10.2. The molecule has 2 aromatic rings. The molecule has 0 unspecified atom stereocenters. The van der Waals surface area contributed by atoms with Gasteiger partial charge in [0.15, 0.2) is 0 Å². The van der Waals surface area contributed by atoms with E-state index in [1.807, 2.05) is 30.0 Å². The fraction of sp³-hybridized carbons (Fsp3) is 0.250. The monoisotopic (exact) mass is 282 g/mol. The zero-order chi connectivity index (χ0) is 14.8. The molecule has 0 atom stereocenters. The molecule has 0 saturated carbocycles. The second kappa shape index (κ2) is 5.54. The van der Waals surface area contributed by atoms with Crippen molar-refractivity contribution in [2.24, 2.45) is 5.84 Å². The second-order valence-corrected chi connectivity index (χ2v) is 5.16. The number of aryl methyl sites for hydroxylation is 1. The van der Waals surface area contributed by atoms with Crippen molar-refractivity contribution in [3.63, 3.8) is 0 Å². The molecule has 5 heteroatoms. The minimum atomic E-state index is 0.0137. The van der Waals surface area contributed by atoms with Gasteiger partial charge in [-0.15, -0.1) is 0 Å². The maximum atomic E-state index is 12.7. The van der Waals surface area contributed by atoms with E-state index in [1.54, 1.807) is 6.07 Å². The van der Waals surface area contributed by atoms with Crippen LogP contribution >= 0.6 is 0 Å². The summed E-state index contributed by atoms with van der Waals surface area (Å²) in [4.78, 5) is 18.8. The standard InChI is InChI=1S/C16H18N4O/c1-2-14-7-13(8-15(18-14)19-17)16(21)20-9-11-5-3-4-6-12(11)10-20/h3-8H,2,9-10,17H2,1H3,(H,18,19). The second-order valence-electron chi connectivity index (χ2n) is 5.16. The van der Waals surface area contributed by atoms with Crippen LogP contribution < -0.4 is 11.3 Å². The number of fused-ring (bicyclic) bond motifs is 1. The van der Waals surface area contributed by atoms with E-state index < -0.39 is 0 Å². The Morgan fingerprint density at radius 2 is 1.95 bits per heavy atom. The molecule has 1 aliphatic rings. The van der Waals surface area contributed by atoms with Gasteiger partial charge in [0.25, 0.3) is 5.91 Å². The molecule has 1 amide bonds. The average molecular weight is 282 g/mol. The number of hydrogen-bond acceptors (Lipinski definition) is 4. The third-order valence-electron chi connectivity index (χ3n) is 3.76. The number of nitrogen functional groups attached to an aromatic ring is 1. The number of rotatable bonds is 3. The molecule has 1 aromatic carbocycles. The lowest BCUT2D eigenvalue weighted by Gasteiger charge is -2.16. The molecular formula is C16H18N4O. The highest BCUT2D eigenvalue weighted by molar-refractivity contribution is 5.95. The highest BCUT2D eigenvalue weighted by Crippen LogP contribution is 2.24. The summed E-state index contributed by atoms with van der Waals surface area (Å²) in [7, 11) is 0. The first kappa shape index (κ1) is 13.6. The van der Waals surface area contributed by atoms with Gasteiger partial charge in [-0.3, -0.25) is 4.79 Å². The van der Waals surface area contributed by atoms with Crippen LogP contribution in [0, 0.1) is 0 Å². The van der Waals surface area contributed by atoms with E-state index in [0.717, 1.165) is 12.1 Å². The van der Waals surface area contributed by atoms with Gasteiger partial charge in [-0.25, -0.2) is 10.8 Å². The number of carbonyl (C=O) groups is 1. The van der Waals surface area contributed by atoms with Crippen LogP contribution in [0.2, 0.25) is 0 Å². The average Bonchev–Trinajstić information content (AvgIpc) is 2.97. The summed E-state index contributed by atoms with van der Waals surface area (Å²) in [6, 6.07) is 11.7. The van der Waals surface area contributed by atoms with Gasteiger partial charge in [-0.2, -0.15) is 0 Å². The summed E-state index contributed by atoms with van der Waals surface area (Å²) < 4.78 is 0. The number of hydrogen-bond donors (Lipinski definition) is 2. The number of pyridine rings is 1. The normalized spacial score (nSPS) is 13.1. The topological polar surface area (TPSA) is 71.2 Å². The Morgan fingerprint density at radius 3 is 2.52 bits per heavy atom. The van der Waals surface area contributed by atoms with E-state index in [4.69, 9.17) is 5.84 Å². The maximum Gasteiger partial charge on any atom is 0.254 e. The van der Waals surface area contributed by atoms with Crippen molar-refractivity contribution in [2.45, 2.75) is 26.4 Å². The lowest BCUT2D eigenvalue weighted by atomic mass is 10.1. The Kier molecular flexibility index (Phi) is 3.58. The van der Waals surface area contributed by atoms with Gasteiger partial charge in [0.05, 0.1) is 0 Å². The van der Waals surface area contributed by atoms with Gasteiger partial charge in [-0.1, -0.05) is 31.2 Å². The van der Waals surface area contributed by atoms with Crippen molar-refractivity contribution in [2.75, 3.05) is 5.43 Å². The van der Waals surface area contributed by atoms with Crippen LogP contribution in [-0.2, 0) is 19.5 Å². The molecule has 3 N–H and O–H groups in total. The number of carbonyl (C=O) groups excluding carboxylic acids is 1. The van der Waals surface area contributed by atoms with E-state index in [0.29, 0.717) is 24.5 Å². The van der Waals surface area contributed by atoms with Crippen LogP contribution in [0.15, 0.2) is 36.4 Å². The molecule has 3 rings (SSSR count). The van der Waals surface area contributed by atoms with Crippen LogP contribution in [-0.4, -0.2) is 15.8 Å². The number of benzene rings is 1. The summed E-state index contributed by atoms with van der Waals surface area (Å²) >= 11 is 0.